The summed E-state index contributed by atoms with van der Waals surface area (Å²) in [4.78, 5) is 0.217. The molecule has 0 heterocycles. The lowest BCUT2D eigenvalue weighted by Gasteiger charge is -2.13. The van der Waals surface area contributed by atoms with Crippen molar-refractivity contribution in [3.63, 3.8) is 0 Å². The molecule has 0 aliphatic rings. The zero-order valence-corrected chi connectivity index (χ0v) is 14.4. The van der Waals surface area contributed by atoms with Gasteiger partial charge in [0.25, 0.3) is 0 Å². The van der Waals surface area contributed by atoms with Crippen LogP contribution in [-0.4, -0.2) is 51.0 Å². The number of ether oxygens (including phenoxy) is 1. The highest BCUT2D eigenvalue weighted by atomic mass is 32.2. The van der Waals surface area contributed by atoms with E-state index in [1.54, 1.807) is 30.3 Å². The van der Waals surface area contributed by atoms with Crippen molar-refractivity contribution in [3.8, 4) is 11.5 Å². The van der Waals surface area contributed by atoms with Crippen LogP contribution in [0.3, 0.4) is 0 Å². The molecule has 1 atom stereocenters. The molecule has 0 spiro atoms. The van der Waals surface area contributed by atoms with Gasteiger partial charge < -0.3 is 20.3 Å². The lowest BCUT2D eigenvalue weighted by Crippen LogP contribution is -2.37. The van der Waals surface area contributed by atoms with Gasteiger partial charge >= 0.3 is 0 Å². The van der Waals surface area contributed by atoms with Gasteiger partial charge in [0.2, 0.25) is 10.0 Å². The normalized spacial score (nSPS) is 12.7. The smallest absolute Gasteiger partial charge is 0.240 e. The second kappa shape index (κ2) is 9.38. The molecule has 0 bridgehead atoms. The third-order valence-electron chi connectivity index (χ3n) is 3.29. The van der Waals surface area contributed by atoms with Crippen molar-refractivity contribution in [2.45, 2.75) is 11.0 Å². The van der Waals surface area contributed by atoms with E-state index in [1.165, 1.54) is 24.3 Å². The molecule has 2 rings (SSSR count). The first-order valence-electron chi connectivity index (χ1n) is 7.83. The molecular weight excluding hydrogens is 344 g/mol. The third kappa shape index (κ3) is 6.71. The fourth-order valence-corrected chi connectivity index (χ4v) is 3.10. The molecule has 0 aliphatic carbocycles. The molecule has 1 unspecified atom stereocenters. The van der Waals surface area contributed by atoms with E-state index in [0.29, 0.717) is 12.3 Å². The Bertz CT molecular complexity index is 753. The Morgan fingerprint density at radius 1 is 1.04 bits per heavy atom. The molecule has 0 saturated carbocycles. The first-order chi connectivity index (χ1) is 12.0. The van der Waals surface area contributed by atoms with E-state index >= 15 is 0 Å². The van der Waals surface area contributed by atoms with E-state index in [1.807, 2.05) is 0 Å². The number of aliphatic hydroxyl groups excluding tert-OH is 1. The van der Waals surface area contributed by atoms with Gasteiger partial charge in [-0.05, 0) is 24.3 Å². The van der Waals surface area contributed by atoms with Gasteiger partial charge in [-0.1, -0.05) is 24.3 Å². The summed E-state index contributed by atoms with van der Waals surface area (Å²) in [5.41, 5.74) is 0. The maximum Gasteiger partial charge on any atom is 0.240 e. The fraction of sp³-hybridized carbons (Fsp3) is 0.294. The standard InChI is InChI=1S/C17H22N2O5S/c20-14-5-4-6-16(11-14)24-13-15(21)12-18-9-10-19-25(22,23)17-7-2-1-3-8-17/h1-8,11,15,18-21H,9-10,12-13H2. The first kappa shape index (κ1) is 19.2. The summed E-state index contributed by atoms with van der Waals surface area (Å²) in [6.07, 6.45) is -0.756. The average Bonchev–Trinajstić information content (AvgIpc) is 2.60. The second-order valence-electron chi connectivity index (χ2n) is 5.38. The number of sulfonamides is 1. The van der Waals surface area contributed by atoms with E-state index in [2.05, 4.69) is 10.0 Å². The van der Waals surface area contributed by atoms with Crippen LogP contribution in [-0.2, 0) is 10.0 Å². The number of phenolic OH excluding ortho intramolecular Hbond substituents is 1. The van der Waals surface area contributed by atoms with Crippen molar-refractivity contribution in [1.29, 1.82) is 0 Å². The number of nitrogens with one attached hydrogen (secondary N) is 2. The van der Waals surface area contributed by atoms with Crippen LogP contribution in [0.15, 0.2) is 59.5 Å². The van der Waals surface area contributed by atoms with Crippen LogP contribution in [0, 0.1) is 0 Å². The van der Waals surface area contributed by atoms with Gasteiger partial charge in [-0.3, -0.25) is 0 Å². The van der Waals surface area contributed by atoms with Crippen molar-refractivity contribution in [3.05, 3.63) is 54.6 Å². The zero-order valence-electron chi connectivity index (χ0n) is 13.6. The minimum Gasteiger partial charge on any atom is -0.508 e. The van der Waals surface area contributed by atoms with Crippen LogP contribution in [0.4, 0.5) is 0 Å². The number of phenols is 1. The van der Waals surface area contributed by atoms with Crippen molar-refractivity contribution in [2.75, 3.05) is 26.2 Å². The summed E-state index contributed by atoms with van der Waals surface area (Å²) in [6.45, 7) is 0.894. The largest absolute Gasteiger partial charge is 0.508 e. The van der Waals surface area contributed by atoms with Crippen LogP contribution in [0.5, 0.6) is 11.5 Å². The molecule has 0 saturated heterocycles. The Hall–Kier alpha value is -2.13. The minimum absolute atomic E-state index is 0.0617. The van der Waals surface area contributed by atoms with Gasteiger partial charge in [-0.15, -0.1) is 0 Å². The molecule has 0 radical (unpaired) electrons. The molecule has 0 amide bonds. The number of rotatable bonds is 10. The van der Waals surface area contributed by atoms with E-state index in [-0.39, 0.29) is 30.3 Å². The summed E-state index contributed by atoms with van der Waals surface area (Å²) in [5.74, 6) is 0.561. The summed E-state index contributed by atoms with van der Waals surface area (Å²) in [5, 5.41) is 22.1. The monoisotopic (exact) mass is 366 g/mol. The van der Waals surface area contributed by atoms with Gasteiger partial charge in [0.05, 0.1) is 4.90 Å². The SMILES string of the molecule is O=S(=O)(NCCNCC(O)COc1cccc(O)c1)c1ccccc1. The van der Waals surface area contributed by atoms with Crippen LogP contribution in [0.2, 0.25) is 0 Å². The molecule has 0 fully saturated rings. The number of aliphatic hydroxyl groups is 1. The van der Waals surface area contributed by atoms with E-state index in [9.17, 15) is 18.6 Å². The van der Waals surface area contributed by atoms with Gasteiger partial charge in [0, 0.05) is 25.7 Å². The van der Waals surface area contributed by atoms with Gasteiger partial charge in [0.15, 0.2) is 0 Å². The molecule has 2 aromatic rings. The first-order valence-corrected chi connectivity index (χ1v) is 9.31. The van der Waals surface area contributed by atoms with Crippen molar-refractivity contribution >= 4 is 10.0 Å². The number of hydrogen-bond donors (Lipinski definition) is 4. The average molecular weight is 366 g/mol. The van der Waals surface area contributed by atoms with Gasteiger partial charge in [0.1, 0.15) is 24.2 Å². The topological polar surface area (TPSA) is 108 Å². The number of aromatic hydroxyl groups is 1. The predicted octanol–water partition coefficient (Wildman–Crippen LogP) is 0.700. The summed E-state index contributed by atoms with van der Waals surface area (Å²) < 4.78 is 31.8. The maximum atomic E-state index is 12.0. The Morgan fingerprint density at radius 3 is 2.52 bits per heavy atom. The predicted molar refractivity (Wildman–Crippen MR) is 94.1 cm³/mol. The molecule has 136 valence electrons. The Morgan fingerprint density at radius 2 is 1.80 bits per heavy atom. The van der Waals surface area contributed by atoms with E-state index in [4.69, 9.17) is 4.74 Å². The molecule has 25 heavy (non-hydrogen) atoms. The van der Waals surface area contributed by atoms with Crippen molar-refractivity contribution in [2.24, 2.45) is 0 Å². The molecular formula is C17H22N2O5S. The van der Waals surface area contributed by atoms with Crippen LogP contribution < -0.4 is 14.8 Å². The highest BCUT2D eigenvalue weighted by Crippen LogP contribution is 2.17. The molecule has 7 nitrogen and oxygen atoms in total. The summed E-state index contributed by atoms with van der Waals surface area (Å²) in [7, 11) is -3.51. The fourth-order valence-electron chi connectivity index (χ4n) is 2.05. The lowest BCUT2D eigenvalue weighted by atomic mass is 10.3. The number of benzene rings is 2. The van der Waals surface area contributed by atoms with Crippen molar-refractivity contribution < 1.29 is 23.4 Å². The maximum absolute atomic E-state index is 12.0. The molecule has 0 aromatic heterocycles. The van der Waals surface area contributed by atoms with Gasteiger partial charge in [-0.2, -0.15) is 0 Å². The van der Waals surface area contributed by atoms with Gasteiger partial charge in [-0.25, -0.2) is 13.1 Å². The summed E-state index contributed by atoms with van der Waals surface area (Å²) in [6, 6.07) is 14.4. The van der Waals surface area contributed by atoms with Crippen molar-refractivity contribution in [1.82, 2.24) is 10.0 Å². The third-order valence-corrected chi connectivity index (χ3v) is 4.76. The zero-order chi connectivity index (χ0) is 18.1. The van der Waals surface area contributed by atoms with Crippen LogP contribution in [0.25, 0.3) is 0 Å². The number of hydrogen-bond acceptors (Lipinski definition) is 6. The Kier molecular flexibility index (Phi) is 7.20. The second-order valence-corrected chi connectivity index (χ2v) is 7.14. The summed E-state index contributed by atoms with van der Waals surface area (Å²) >= 11 is 0. The highest BCUT2D eigenvalue weighted by Gasteiger charge is 2.12. The molecule has 0 aliphatic heterocycles. The van der Waals surface area contributed by atoms with E-state index < -0.39 is 16.1 Å². The van der Waals surface area contributed by atoms with Crippen LogP contribution >= 0.6 is 0 Å². The lowest BCUT2D eigenvalue weighted by molar-refractivity contribution is 0.106. The van der Waals surface area contributed by atoms with E-state index in [0.717, 1.165) is 0 Å². The minimum atomic E-state index is -3.51. The Labute approximate surface area is 147 Å². The molecule has 4 N–H and O–H groups in total. The molecule has 2 aromatic carbocycles. The highest BCUT2D eigenvalue weighted by molar-refractivity contribution is 7.89. The van der Waals surface area contributed by atoms with Crippen LogP contribution in [0.1, 0.15) is 0 Å². The Balaban J connectivity index is 1.62. The quantitative estimate of drug-likeness (QED) is 0.461. The molecule has 8 heteroatoms.